The van der Waals surface area contributed by atoms with Crippen LogP contribution >= 0.6 is 0 Å². The molecule has 12 heteroatoms. The van der Waals surface area contributed by atoms with E-state index >= 15 is 0 Å². The number of rotatable bonds is 4. The van der Waals surface area contributed by atoms with Crippen molar-refractivity contribution in [1.29, 1.82) is 0 Å². The summed E-state index contributed by atoms with van der Waals surface area (Å²) in [6.07, 6.45) is -5.91. The summed E-state index contributed by atoms with van der Waals surface area (Å²) < 4.78 is 42.9. The first kappa shape index (κ1) is 17.2. The monoisotopic (exact) mass is 359 g/mol. The summed E-state index contributed by atoms with van der Waals surface area (Å²) in [5, 5.41) is 12.8. The third kappa shape index (κ3) is 3.72. The lowest BCUT2D eigenvalue weighted by atomic mass is 10.3. The Labute approximate surface area is 139 Å². The molecular weight excluding hydrogens is 343 g/mol. The van der Waals surface area contributed by atoms with Gasteiger partial charge in [-0.25, -0.2) is 5.10 Å². The lowest BCUT2D eigenvalue weighted by molar-refractivity contribution is -0.190. The van der Waals surface area contributed by atoms with Crippen LogP contribution in [0.3, 0.4) is 0 Å². The Hall–Kier alpha value is -2.66. The number of amides is 1. The number of hydrogen-bond acceptors (Lipinski definition) is 7. The van der Waals surface area contributed by atoms with E-state index in [1.165, 1.54) is 6.92 Å². The highest BCUT2D eigenvalue weighted by atomic mass is 19.4. The molecule has 0 aromatic carbocycles. The Kier molecular flexibility index (Phi) is 4.35. The van der Waals surface area contributed by atoms with E-state index in [0.29, 0.717) is 30.8 Å². The number of hydrogen-bond donors (Lipinski definition) is 2. The lowest BCUT2D eigenvalue weighted by Crippen LogP contribution is -2.36. The van der Waals surface area contributed by atoms with Gasteiger partial charge in [-0.05, 0) is 13.3 Å². The van der Waals surface area contributed by atoms with Gasteiger partial charge in [0.05, 0.1) is 0 Å². The molecule has 1 aliphatic heterocycles. The summed E-state index contributed by atoms with van der Waals surface area (Å²) >= 11 is 0. The van der Waals surface area contributed by atoms with Gasteiger partial charge < -0.3 is 15.0 Å². The number of carbonyl (C=O) groups excluding carboxylic acids is 1. The van der Waals surface area contributed by atoms with Crippen LogP contribution in [0.2, 0.25) is 0 Å². The Bertz CT molecular complexity index is 779. The van der Waals surface area contributed by atoms with Crippen LogP contribution in [-0.4, -0.2) is 62.7 Å². The zero-order chi connectivity index (χ0) is 18.2. The van der Waals surface area contributed by atoms with Crippen molar-refractivity contribution in [3.05, 3.63) is 0 Å². The summed E-state index contributed by atoms with van der Waals surface area (Å²) in [7, 11) is 0. The minimum atomic E-state index is -4.53. The number of nitrogens with zero attached hydrogens (tertiary/aromatic N) is 5. The first-order chi connectivity index (χ1) is 11.7. The highest BCUT2D eigenvalue weighted by molar-refractivity contribution is 5.83. The molecule has 0 radical (unpaired) electrons. The molecule has 2 N–H and O–H groups in total. The normalized spacial score (nSPS) is 19.2. The second-order valence-corrected chi connectivity index (χ2v) is 5.77. The molecule has 0 saturated carbocycles. The van der Waals surface area contributed by atoms with Crippen molar-refractivity contribution in [3.8, 4) is 6.01 Å². The zero-order valence-corrected chi connectivity index (χ0v) is 13.5. The number of aromatic amines is 1. The molecule has 1 amide bonds. The number of alkyl halides is 3. The molecule has 2 aromatic heterocycles. The van der Waals surface area contributed by atoms with Gasteiger partial charge in [0.15, 0.2) is 23.1 Å². The van der Waals surface area contributed by atoms with Gasteiger partial charge in [0.2, 0.25) is 5.91 Å². The largest absolute Gasteiger partial charge is 0.451 e. The molecular formula is C13H16F3N7O2. The van der Waals surface area contributed by atoms with Crippen molar-refractivity contribution in [3.63, 3.8) is 0 Å². The van der Waals surface area contributed by atoms with Crippen molar-refractivity contribution in [1.82, 2.24) is 30.7 Å². The molecule has 136 valence electrons. The number of H-pyrrole nitrogens is 1. The number of carbonyl (C=O) groups is 1. The Morgan fingerprint density at radius 2 is 2.20 bits per heavy atom. The summed E-state index contributed by atoms with van der Waals surface area (Å²) in [5.41, 5.74) is 0.507. The van der Waals surface area contributed by atoms with Crippen LogP contribution in [0.25, 0.3) is 11.2 Å². The fourth-order valence-electron chi connectivity index (χ4n) is 2.57. The van der Waals surface area contributed by atoms with Crippen LogP contribution in [0.4, 0.5) is 19.0 Å². The highest BCUT2D eigenvalue weighted by Crippen LogP contribution is 2.28. The second-order valence-electron chi connectivity index (χ2n) is 5.77. The SMILES string of the molecule is CC(=O)NC1CCN(c2nc(O[C@@H](C)C(F)(F)F)nc3[nH]nnc23)C1. The topological polar surface area (TPSA) is 109 Å². The summed E-state index contributed by atoms with van der Waals surface area (Å²) in [6, 6.07) is -0.491. The lowest BCUT2D eigenvalue weighted by Gasteiger charge is -2.20. The number of nitrogens with one attached hydrogen (secondary N) is 2. The van der Waals surface area contributed by atoms with Crippen molar-refractivity contribution in [2.24, 2.45) is 0 Å². The van der Waals surface area contributed by atoms with E-state index < -0.39 is 18.3 Å². The molecule has 0 bridgehead atoms. The number of anilines is 1. The van der Waals surface area contributed by atoms with Crippen LogP contribution in [0, 0.1) is 0 Å². The molecule has 25 heavy (non-hydrogen) atoms. The molecule has 3 rings (SSSR count). The van der Waals surface area contributed by atoms with E-state index in [1.807, 2.05) is 0 Å². The van der Waals surface area contributed by atoms with Crippen LogP contribution in [0.1, 0.15) is 20.3 Å². The first-order valence-corrected chi connectivity index (χ1v) is 7.58. The predicted molar refractivity (Wildman–Crippen MR) is 80.1 cm³/mol. The summed E-state index contributed by atoms with van der Waals surface area (Å²) in [5.74, 6) is 0.167. The number of fused-ring (bicyclic) bond motifs is 1. The van der Waals surface area contributed by atoms with E-state index in [0.717, 1.165) is 6.92 Å². The summed E-state index contributed by atoms with van der Waals surface area (Å²) in [6.45, 7) is 3.31. The quantitative estimate of drug-likeness (QED) is 0.831. The molecule has 2 aromatic rings. The van der Waals surface area contributed by atoms with Crippen LogP contribution in [0.5, 0.6) is 6.01 Å². The minimum absolute atomic E-state index is 0.0760. The first-order valence-electron chi connectivity index (χ1n) is 7.58. The predicted octanol–water partition coefficient (Wildman–Crippen LogP) is 0.792. The van der Waals surface area contributed by atoms with E-state index in [2.05, 4.69) is 30.7 Å². The van der Waals surface area contributed by atoms with E-state index in [9.17, 15) is 18.0 Å². The van der Waals surface area contributed by atoms with Gasteiger partial charge >= 0.3 is 12.2 Å². The minimum Gasteiger partial charge on any atom is -0.451 e. The van der Waals surface area contributed by atoms with Gasteiger partial charge in [0.25, 0.3) is 0 Å². The summed E-state index contributed by atoms with van der Waals surface area (Å²) in [4.78, 5) is 20.9. The smallest absolute Gasteiger partial charge is 0.425 e. The Morgan fingerprint density at radius 1 is 1.44 bits per heavy atom. The van der Waals surface area contributed by atoms with Crippen LogP contribution in [-0.2, 0) is 4.79 Å². The molecule has 0 aliphatic carbocycles. The zero-order valence-electron chi connectivity index (χ0n) is 13.5. The molecule has 1 saturated heterocycles. The van der Waals surface area contributed by atoms with Gasteiger partial charge in [-0.1, -0.05) is 5.21 Å². The third-order valence-corrected chi connectivity index (χ3v) is 3.79. The molecule has 0 spiro atoms. The Morgan fingerprint density at radius 3 is 2.88 bits per heavy atom. The van der Waals surface area contributed by atoms with Crippen molar-refractivity contribution < 1.29 is 22.7 Å². The van der Waals surface area contributed by atoms with Gasteiger partial charge in [0.1, 0.15) is 0 Å². The Balaban J connectivity index is 1.87. The number of halogens is 3. The molecule has 3 heterocycles. The fourth-order valence-corrected chi connectivity index (χ4v) is 2.57. The van der Waals surface area contributed by atoms with Gasteiger partial charge in [0, 0.05) is 26.1 Å². The number of aromatic nitrogens is 5. The van der Waals surface area contributed by atoms with Crippen LogP contribution in [0.15, 0.2) is 0 Å². The maximum absolute atomic E-state index is 12.7. The van der Waals surface area contributed by atoms with Crippen molar-refractivity contribution in [2.75, 3.05) is 18.0 Å². The third-order valence-electron chi connectivity index (χ3n) is 3.79. The maximum atomic E-state index is 12.7. The van der Waals surface area contributed by atoms with E-state index in [1.54, 1.807) is 4.90 Å². The van der Waals surface area contributed by atoms with Crippen molar-refractivity contribution >= 4 is 22.9 Å². The van der Waals surface area contributed by atoms with Gasteiger partial charge in [-0.3, -0.25) is 4.79 Å². The van der Waals surface area contributed by atoms with Gasteiger partial charge in [-0.15, -0.1) is 5.10 Å². The molecule has 2 atom stereocenters. The average molecular weight is 359 g/mol. The van der Waals surface area contributed by atoms with E-state index in [4.69, 9.17) is 4.74 Å². The fraction of sp³-hybridized carbons (Fsp3) is 0.615. The second kappa shape index (κ2) is 6.33. The average Bonchev–Trinajstić information content (AvgIpc) is 3.13. The molecule has 1 unspecified atom stereocenters. The molecule has 1 fully saturated rings. The highest BCUT2D eigenvalue weighted by Gasteiger charge is 2.39. The van der Waals surface area contributed by atoms with Crippen LogP contribution < -0.4 is 15.0 Å². The van der Waals surface area contributed by atoms with E-state index in [-0.39, 0.29) is 17.6 Å². The molecule has 9 nitrogen and oxygen atoms in total. The number of ether oxygens (including phenoxy) is 1. The molecule has 1 aliphatic rings. The maximum Gasteiger partial charge on any atom is 0.425 e. The van der Waals surface area contributed by atoms with Crippen molar-refractivity contribution in [2.45, 2.75) is 38.6 Å². The standard InChI is InChI=1S/C13H16F3N7O2/c1-6(13(14,15)16)25-12-18-10-9(20-22-21-10)11(19-12)23-4-3-8(5-23)17-7(2)24/h6,8H,3-5H2,1-2H3,(H,17,24)(H,18,19,20,21,22)/t6-,8?/m0/s1. The van der Waals surface area contributed by atoms with Gasteiger partial charge in [-0.2, -0.15) is 23.1 Å².